The van der Waals surface area contributed by atoms with E-state index >= 15 is 0 Å². The fraction of sp³-hybridized carbons (Fsp3) is 0.415. The number of nitrogens with zero attached hydrogens (tertiary/aromatic N) is 1. The largest absolute Gasteiger partial charge is 0.496 e. The Morgan fingerprint density at radius 1 is 0.821 bits per heavy atom. The molecule has 0 radical (unpaired) electrons. The highest BCUT2D eigenvalue weighted by Gasteiger charge is 2.33. The Hall–Kier alpha value is -5.96. The number of carbonyl (C=O) groups is 6. The highest BCUT2D eigenvalue weighted by Crippen LogP contribution is 2.37. The number of aliphatic hydroxyl groups is 1. The number of benzene rings is 3. The van der Waals surface area contributed by atoms with E-state index < -0.39 is 54.3 Å². The van der Waals surface area contributed by atoms with E-state index in [4.69, 9.17) is 14.2 Å². The summed E-state index contributed by atoms with van der Waals surface area (Å²) in [6.45, 7) is 4.59. The lowest BCUT2D eigenvalue weighted by molar-refractivity contribution is -0.135. The predicted octanol–water partition coefficient (Wildman–Crippen LogP) is 2.91. The maximum atomic E-state index is 14.0. The second kappa shape index (κ2) is 18.6. The number of hydrogen-bond acceptors (Lipinski definition) is 10. The molecule has 0 fully saturated rings. The van der Waals surface area contributed by atoms with Gasteiger partial charge in [-0.2, -0.15) is 0 Å². The molecule has 3 atom stereocenters. The minimum absolute atomic E-state index is 0.0599. The number of hydrogen-bond donors (Lipinski definition) is 5. The van der Waals surface area contributed by atoms with Gasteiger partial charge < -0.3 is 45.5 Å². The van der Waals surface area contributed by atoms with Crippen molar-refractivity contribution in [3.63, 3.8) is 0 Å². The average Bonchev–Trinajstić information content (AvgIpc) is 3.56. The molecule has 1 aliphatic carbocycles. The van der Waals surface area contributed by atoms with E-state index in [1.165, 1.54) is 32.1 Å². The Morgan fingerprint density at radius 3 is 2.29 bits per heavy atom. The summed E-state index contributed by atoms with van der Waals surface area (Å²) in [6.07, 6.45) is 0.126. The molecule has 15 heteroatoms. The molecule has 3 aromatic rings. The number of carbonyl (C=O) groups excluding carboxylic acids is 6. The summed E-state index contributed by atoms with van der Waals surface area (Å²) in [6, 6.07) is 12.2. The second-order valence-electron chi connectivity index (χ2n) is 14.1. The van der Waals surface area contributed by atoms with Crippen LogP contribution in [0.15, 0.2) is 54.6 Å². The van der Waals surface area contributed by atoms with Crippen molar-refractivity contribution in [2.75, 3.05) is 33.9 Å². The van der Waals surface area contributed by atoms with Crippen LogP contribution in [0.2, 0.25) is 0 Å². The first kappa shape index (κ1) is 41.2. The lowest BCUT2D eigenvalue weighted by atomic mass is 10.0. The van der Waals surface area contributed by atoms with E-state index in [1.54, 1.807) is 62.4 Å². The molecular formula is C41H49N5O10. The van der Waals surface area contributed by atoms with Crippen molar-refractivity contribution in [1.82, 2.24) is 26.2 Å². The Kier molecular flexibility index (Phi) is 13.7. The summed E-state index contributed by atoms with van der Waals surface area (Å²) in [7, 11) is 2.94. The standard InChI is InChI=1S/C41H49N5O10/c1-23(2)36-39(51)43-21-29-31(54-4)12-9-13-32(29)56-34-20-25(14-17-33(34)55-5)38(50)42-18-6-7-19-46(22-35(49)44-37(24(3)47)40(52)45-36)41(53)28-11-8-10-27-26(28)15-16-30(27)48/h8-14,17,20,23-24,36-37,47H,6-7,15-16,18-19,21-22H2,1-5H3,(H,42,50)(H,43,51)(H,44,49)(H,45,52)/t24-,36-,37+/m1/s1. The highest BCUT2D eigenvalue weighted by molar-refractivity contribution is 6.06. The van der Waals surface area contributed by atoms with Crippen LogP contribution < -0.4 is 35.5 Å². The summed E-state index contributed by atoms with van der Waals surface area (Å²) >= 11 is 0. The maximum Gasteiger partial charge on any atom is 0.254 e. The summed E-state index contributed by atoms with van der Waals surface area (Å²) in [4.78, 5) is 82.0. The van der Waals surface area contributed by atoms with Crippen LogP contribution in [0.5, 0.6) is 23.0 Å². The fourth-order valence-corrected chi connectivity index (χ4v) is 6.73. The lowest BCUT2D eigenvalue weighted by Crippen LogP contribution is -2.59. The Balaban J connectivity index is 1.47. The molecule has 5 amide bonds. The van der Waals surface area contributed by atoms with Crippen molar-refractivity contribution < 1.29 is 48.1 Å². The van der Waals surface area contributed by atoms with E-state index in [1.807, 2.05) is 0 Å². The van der Waals surface area contributed by atoms with Crippen molar-refractivity contribution in [2.45, 2.75) is 71.2 Å². The van der Waals surface area contributed by atoms with Crippen LogP contribution >= 0.6 is 0 Å². The molecular weight excluding hydrogens is 722 g/mol. The summed E-state index contributed by atoms with van der Waals surface area (Å²) in [5.74, 6) is -2.12. The van der Waals surface area contributed by atoms with E-state index in [9.17, 15) is 33.9 Å². The number of aliphatic hydroxyl groups excluding tert-OH is 1. The molecule has 2 aliphatic rings. The molecule has 5 rings (SSSR count). The number of Topliss-reactive ketones (excluding diaryl/α,β-unsaturated/α-hetero) is 1. The number of nitrogens with one attached hydrogen (secondary N) is 4. The smallest absolute Gasteiger partial charge is 0.254 e. The van der Waals surface area contributed by atoms with Gasteiger partial charge in [-0.25, -0.2) is 0 Å². The molecule has 0 saturated heterocycles. The van der Waals surface area contributed by atoms with Crippen molar-refractivity contribution in [3.8, 4) is 23.0 Å². The topological polar surface area (TPSA) is 202 Å². The zero-order valence-electron chi connectivity index (χ0n) is 32.2. The van der Waals surface area contributed by atoms with Gasteiger partial charge in [-0.1, -0.05) is 32.0 Å². The van der Waals surface area contributed by atoms with Crippen molar-refractivity contribution in [3.05, 3.63) is 82.4 Å². The first-order valence-electron chi connectivity index (χ1n) is 18.6. The minimum Gasteiger partial charge on any atom is -0.496 e. The lowest BCUT2D eigenvalue weighted by Gasteiger charge is -2.28. The predicted molar refractivity (Wildman–Crippen MR) is 205 cm³/mol. The number of methoxy groups -OCH3 is 2. The summed E-state index contributed by atoms with van der Waals surface area (Å²) in [5, 5.41) is 21.6. The highest BCUT2D eigenvalue weighted by atomic mass is 16.5. The molecule has 0 spiro atoms. The number of ether oxygens (including phenoxy) is 3. The summed E-state index contributed by atoms with van der Waals surface area (Å²) in [5.41, 5.74) is 2.16. The van der Waals surface area contributed by atoms with Gasteiger partial charge in [0.05, 0.1) is 39.0 Å². The van der Waals surface area contributed by atoms with Gasteiger partial charge in [0, 0.05) is 36.2 Å². The van der Waals surface area contributed by atoms with E-state index in [0.717, 1.165) is 0 Å². The van der Waals surface area contributed by atoms with Crippen LogP contribution in [0.25, 0.3) is 0 Å². The van der Waals surface area contributed by atoms with Crippen LogP contribution in [0, 0.1) is 5.92 Å². The molecule has 0 unspecified atom stereocenters. The normalized spacial score (nSPS) is 19.3. The van der Waals surface area contributed by atoms with Crippen LogP contribution in [0.4, 0.5) is 0 Å². The molecule has 2 bridgehead atoms. The summed E-state index contributed by atoms with van der Waals surface area (Å²) < 4.78 is 17.4. The zero-order chi connectivity index (χ0) is 40.5. The third-order valence-corrected chi connectivity index (χ3v) is 9.79. The fourth-order valence-electron chi connectivity index (χ4n) is 6.73. The maximum absolute atomic E-state index is 14.0. The molecule has 0 aromatic heterocycles. The van der Waals surface area contributed by atoms with Crippen LogP contribution in [0.3, 0.4) is 0 Å². The van der Waals surface area contributed by atoms with Gasteiger partial charge in [0.25, 0.3) is 11.8 Å². The molecule has 1 heterocycles. The van der Waals surface area contributed by atoms with Gasteiger partial charge in [0.1, 0.15) is 23.6 Å². The number of rotatable bonds is 5. The first-order valence-corrected chi connectivity index (χ1v) is 18.6. The second-order valence-corrected chi connectivity index (χ2v) is 14.1. The van der Waals surface area contributed by atoms with Crippen LogP contribution in [-0.4, -0.2) is 97.4 Å². The van der Waals surface area contributed by atoms with Gasteiger partial charge in [-0.15, -0.1) is 0 Å². The molecule has 3 aromatic carbocycles. The molecule has 56 heavy (non-hydrogen) atoms. The number of ketones is 1. The molecule has 5 N–H and O–H groups in total. The Labute approximate surface area is 325 Å². The van der Waals surface area contributed by atoms with Gasteiger partial charge in [-0.05, 0) is 74.1 Å². The third-order valence-electron chi connectivity index (χ3n) is 9.79. The van der Waals surface area contributed by atoms with Crippen LogP contribution in [-0.2, 0) is 27.3 Å². The van der Waals surface area contributed by atoms with E-state index in [-0.39, 0.29) is 43.5 Å². The molecule has 1 aliphatic heterocycles. The van der Waals surface area contributed by atoms with Gasteiger partial charge in [-0.3, -0.25) is 28.8 Å². The van der Waals surface area contributed by atoms with Crippen molar-refractivity contribution in [1.29, 1.82) is 0 Å². The van der Waals surface area contributed by atoms with E-state index in [2.05, 4.69) is 21.3 Å². The van der Waals surface area contributed by atoms with Crippen molar-refractivity contribution in [2.24, 2.45) is 5.92 Å². The van der Waals surface area contributed by atoms with Gasteiger partial charge in [0.15, 0.2) is 17.3 Å². The molecule has 0 saturated carbocycles. The van der Waals surface area contributed by atoms with Crippen molar-refractivity contribution >= 4 is 35.3 Å². The average molecular weight is 772 g/mol. The zero-order valence-corrected chi connectivity index (χ0v) is 32.2. The van der Waals surface area contributed by atoms with Crippen LogP contribution in [0.1, 0.15) is 82.2 Å². The molecule has 298 valence electrons. The Morgan fingerprint density at radius 2 is 1.57 bits per heavy atom. The third kappa shape index (κ3) is 9.63. The quantitative estimate of drug-likeness (QED) is 0.257. The monoisotopic (exact) mass is 771 g/mol. The van der Waals surface area contributed by atoms with Gasteiger partial charge in [0.2, 0.25) is 17.7 Å². The SMILES string of the molecule is COc1ccc2cc1Oc1cccc(OC)c1CNC(=O)[C@@H](C(C)C)NC(=O)[C@H]([C@@H](C)O)NC(=O)CN(C(=O)c1cccc3c1CCC3=O)CCCCNC2=O. The number of amides is 5. The Bertz CT molecular complexity index is 1980. The number of fused-ring (bicyclic) bond motifs is 4. The van der Waals surface area contributed by atoms with Gasteiger partial charge >= 0.3 is 0 Å². The minimum atomic E-state index is -1.47. The first-order chi connectivity index (χ1) is 26.8. The van der Waals surface area contributed by atoms with E-state index in [0.29, 0.717) is 64.3 Å². The molecule has 15 nitrogen and oxygen atoms in total.